The molecule has 26 heavy (non-hydrogen) atoms. The molecule has 0 bridgehead atoms. The molecule has 136 valence electrons. The summed E-state index contributed by atoms with van der Waals surface area (Å²) in [5.74, 6) is -0.479. The summed E-state index contributed by atoms with van der Waals surface area (Å²) in [6, 6.07) is 11.9. The molecule has 1 aromatic carbocycles. The van der Waals surface area contributed by atoms with Gasteiger partial charge in [-0.2, -0.15) is 0 Å². The number of hydrogen-bond donors (Lipinski definition) is 1. The predicted molar refractivity (Wildman–Crippen MR) is 97.8 cm³/mol. The van der Waals surface area contributed by atoms with Gasteiger partial charge in [-0.05, 0) is 35.9 Å². The Kier molecular flexibility index (Phi) is 6.46. The number of benzene rings is 1. The maximum atomic E-state index is 13.7. The summed E-state index contributed by atoms with van der Waals surface area (Å²) >= 11 is 0. The summed E-state index contributed by atoms with van der Waals surface area (Å²) < 4.78 is 19.1. The number of morpholine rings is 1. The Labute approximate surface area is 152 Å². The van der Waals surface area contributed by atoms with Crippen LogP contribution in [0.25, 0.3) is 6.08 Å². The molecule has 5 nitrogen and oxygen atoms in total. The van der Waals surface area contributed by atoms with E-state index in [2.05, 4.69) is 15.2 Å². The summed E-state index contributed by atoms with van der Waals surface area (Å²) in [5.41, 5.74) is 1.57. The third kappa shape index (κ3) is 5.21. The number of nitrogens with one attached hydrogen (secondary N) is 1. The van der Waals surface area contributed by atoms with Crippen molar-refractivity contribution in [3.05, 3.63) is 71.8 Å². The number of halogens is 1. The van der Waals surface area contributed by atoms with Crippen molar-refractivity contribution in [3.63, 3.8) is 0 Å². The van der Waals surface area contributed by atoms with Crippen LogP contribution in [0.2, 0.25) is 0 Å². The first-order chi connectivity index (χ1) is 12.7. The van der Waals surface area contributed by atoms with Gasteiger partial charge in [0.1, 0.15) is 5.82 Å². The van der Waals surface area contributed by atoms with Gasteiger partial charge in [-0.1, -0.05) is 18.2 Å². The smallest absolute Gasteiger partial charge is 0.244 e. The predicted octanol–water partition coefficient (Wildman–Crippen LogP) is 2.42. The molecule has 1 unspecified atom stereocenters. The minimum absolute atomic E-state index is 0.0956. The molecule has 2 aromatic rings. The second kappa shape index (κ2) is 9.22. The average Bonchev–Trinajstić information content (AvgIpc) is 2.68. The molecule has 0 radical (unpaired) electrons. The molecule has 1 N–H and O–H groups in total. The monoisotopic (exact) mass is 355 g/mol. The lowest BCUT2D eigenvalue weighted by molar-refractivity contribution is -0.116. The van der Waals surface area contributed by atoms with E-state index >= 15 is 0 Å². The van der Waals surface area contributed by atoms with Crippen molar-refractivity contribution < 1.29 is 13.9 Å². The standard InChI is InChI=1S/C20H22FN3O2/c21-17-5-3-4-16(14-17)19(24-10-12-26-13-11-24)15-23-20(25)8-7-18-6-1-2-9-22-18/h1-9,14,19H,10-13,15H2,(H,23,25)/b8-7+. The number of nitrogens with zero attached hydrogens (tertiary/aromatic N) is 2. The Hall–Kier alpha value is -2.57. The molecule has 1 amide bonds. The SMILES string of the molecule is O=C(/C=C/c1ccccn1)NCC(c1cccc(F)c1)N1CCOCC1. The van der Waals surface area contributed by atoms with E-state index in [9.17, 15) is 9.18 Å². The van der Waals surface area contributed by atoms with Gasteiger partial charge >= 0.3 is 0 Å². The highest BCUT2D eigenvalue weighted by Crippen LogP contribution is 2.22. The van der Waals surface area contributed by atoms with Crippen LogP contribution in [0.5, 0.6) is 0 Å². The van der Waals surface area contributed by atoms with Crippen LogP contribution in [0, 0.1) is 5.82 Å². The van der Waals surface area contributed by atoms with Crippen LogP contribution < -0.4 is 5.32 Å². The normalized spacial score (nSPS) is 16.5. The molecule has 1 saturated heterocycles. The van der Waals surface area contributed by atoms with Gasteiger partial charge in [-0.3, -0.25) is 14.7 Å². The van der Waals surface area contributed by atoms with E-state index in [4.69, 9.17) is 4.74 Å². The minimum Gasteiger partial charge on any atom is -0.379 e. The van der Waals surface area contributed by atoms with Crippen molar-refractivity contribution in [2.75, 3.05) is 32.8 Å². The highest BCUT2D eigenvalue weighted by Gasteiger charge is 2.23. The van der Waals surface area contributed by atoms with Crippen LogP contribution in [0.3, 0.4) is 0 Å². The van der Waals surface area contributed by atoms with Gasteiger partial charge in [0, 0.05) is 31.9 Å². The molecule has 1 aliphatic rings. The average molecular weight is 355 g/mol. The quantitative estimate of drug-likeness (QED) is 0.809. The van der Waals surface area contributed by atoms with Crippen LogP contribution in [-0.4, -0.2) is 48.6 Å². The summed E-state index contributed by atoms with van der Waals surface area (Å²) in [7, 11) is 0. The van der Waals surface area contributed by atoms with E-state index in [0.717, 1.165) is 24.3 Å². The fraction of sp³-hybridized carbons (Fsp3) is 0.300. The Bertz CT molecular complexity index is 746. The summed E-state index contributed by atoms with van der Waals surface area (Å²) in [6.07, 6.45) is 4.81. The summed E-state index contributed by atoms with van der Waals surface area (Å²) in [6.45, 7) is 3.18. The highest BCUT2D eigenvalue weighted by molar-refractivity contribution is 5.91. The Morgan fingerprint density at radius 2 is 2.12 bits per heavy atom. The number of amides is 1. The van der Waals surface area contributed by atoms with Crippen molar-refractivity contribution in [2.24, 2.45) is 0 Å². The molecule has 6 heteroatoms. The molecule has 0 aliphatic carbocycles. The first kappa shape index (κ1) is 18.2. The number of carbonyl (C=O) groups excluding carboxylic acids is 1. The van der Waals surface area contributed by atoms with Crippen LogP contribution in [0.1, 0.15) is 17.3 Å². The fourth-order valence-corrected chi connectivity index (χ4v) is 2.95. The lowest BCUT2D eigenvalue weighted by Gasteiger charge is -2.34. The molecular weight excluding hydrogens is 333 g/mol. The number of carbonyl (C=O) groups is 1. The van der Waals surface area contributed by atoms with Crippen LogP contribution in [0.15, 0.2) is 54.7 Å². The zero-order valence-corrected chi connectivity index (χ0v) is 14.5. The van der Waals surface area contributed by atoms with Crippen molar-refractivity contribution in [1.82, 2.24) is 15.2 Å². The minimum atomic E-state index is -0.276. The number of ether oxygens (including phenoxy) is 1. The second-order valence-electron chi connectivity index (χ2n) is 6.05. The van der Waals surface area contributed by atoms with E-state index in [0.29, 0.717) is 19.8 Å². The van der Waals surface area contributed by atoms with Crippen LogP contribution in [-0.2, 0) is 9.53 Å². The van der Waals surface area contributed by atoms with Gasteiger partial charge in [-0.25, -0.2) is 4.39 Å². The summed E-state index contributed by atoms with van der Waals surface area (Å²) in [4.78, 5) is 18.5. The van der Waals surface area contributed by atoms with E-state index in [1.165, 1.54) is 18.2 Å². The summed E-state index contributed by atoms with van der Waals surface area (Å²) in [5, 5.41) is 2.91. The van der Waals surface area contributed by atoms with E-state index in [1.807, 2.05) is 24.3 Å². The Morgan fingerprint density at radius 3 is 2.85 bits per heavy atom. The first-order valence-corrected chi connectivity index (χ1v) is 8.66. The molecule has 1 aromatic heterocycles. The van der Waals surface area contributed by atoms with Gasteiger partial charge < -0.3 is 10.1 Å². The number of aromatic nitrogens is 1. The molecule has 3 rings (SSSR count). The van der Waals surface area contributed by atoms with Crippen molar-refractivity contribution in [1.29, 1.82) is 0 Å². The zero-order valence-electron chi connectivity index (χ0n) is 14.5. The fourth-order valence-electron chi connectivity index (χ4n) is 2.95. The Balaban J connectivity index is 1.65. The number of pyridine rings is 1. The maximum Gasteiger partial charge on any atom is 0.244 e. The third-order valence-corrected chi connectivity index (χ3v) is 4.28. The zero-order chi connectivity index (χ0) is 18.2. The van der Waals surface area contributed by atoms with Gasteiger partial charge in [0.25, 0.3) is 0 Å². The molecule has 1 atom stereocenters. The van der Waals surface area contributed by atoms with Gasteiger partial charge in [0.2, 0.25) is 5.91 Å². The second-order valence-corrected chi connectivity index (χ2v) is 6.05. The van der Waals surface area contributed by atoms with Crippen molar-refractivity contribution in [2.45, 2.75) is 6.04 Å². The Morgan fingerprint density at radius 1 is 1.27 bits per heavy atom. The van der Waals surface area contributed by atoms with Crippen molar-refractivity contribution >= 4 is 12.0 Å². The van der Waals surface area contributed by atoms with E-state index in [1.54, 1.807) is 18.3 Å². The largest absolute Gasteiger partial charge is 0.379 e. The van der Waals surface area contributed by atoms with Crippen LogP contribution in [0.4, 0.5) is 4.39 Å². The lowest BCUT2D eigenvalue weighted by atomic mass is 10.0. The van der Waals surface area contributed by atoms with Crippen molar-refractivity contribution in [3.8, 4) is 0 Å². The van der Waals surface area contributed by atoms with Crippen LogP contribution >= 0.6 is 0 Å². The molecule has 0 saturated carbocycles. The molecule has 1 aliphatic heterocycles. The molecule has 1 fully saturated rings. The number of rotatable bonds is 6. The first-order valence-electron chi connectivity index (χ1n) is 8.66. The molecular formula is C20H22FN3O2. The van der Waals surface area contributed by atoms with Gasteiger partial charge in [0.05, 0.1) is 24.9 Å². The molecule has 0 spiro atoms. The number of hydrogen-bond acceptors (Lipinski definition) is 4. The van der Waals surface area contributed by atoms with E-state index in [-0.39, 0.29) is 17.8 Å². The van der Waals surface area contributed by atoms with E-state index < -0.39 is 0 Å². The third-order valence-electron chi connectivity index (χ3n) is 4.28. The van der Waals surface area contributed by atoms with Gasteiger partial charge in [-0.15, -0.1) is 0 Å². The topological polar surface area (TPSA) is 54.5 Å². The van der Waals surface area contributed by atoms with Gasteiger partial charge in [0.15, 0.2) is 0 Å². The molecule has 2 heterocycles. The lowest BCUT2D eigenvalue weighted by Crippen LogP contribution is -2.43. The maximum absolute atomic E-state index is 13.7. The highest BCUT2D eigenvalue weighted by atomic mass is 19.1.